The molecule has 2 aliphatic rings. The number of piperazine rings is 1. The van der Waals surface area contributed by atoms with Crippen LogP contribution in [-0.4, -0.2) is 41.0 Å². The van der Waals surface area contributed by atoms with Crippen molar-refractivity contribution in [2.45, 2.75) is 38.1 Å². The van der Waals surface area contributed by atoms with Crippen molar-refractivity contribution in [1.82, 2.24) is 15.4 Å². The van der Waals surface area contributed by atoms with Crippen molar-refractivity contribution in [1.29, 1.82) is 0 Å². The third-order valence-corrected chi connectivity index (χ3v) is 3.71. The van der Waals surface area contributed by atoms with Crippen molar-refractivity contribution in [3.05, 3.63) is 17.5 Å². The van der Waals surface area contributed by atoms with Gasteiger partial charge in [-0.1, -0.05) is 12.1 Å². The molecular weight excluding hydrogens is 246 g/mol. The van der Waals surface area contributed by atoms with Gasteiger partial charge in [-0.25, -0.2) is 0 Å². The number of aromatic nitrogens is 1. The topological polar surface area (TPSA) is 75.4 Å². The van der Waals surface area contributed by atoms with Crippen LogP contribution in [0.25, 0.3) is 0 Å². The van der Waals surface area contributed by atoms with Crippen molar-refractivity contribution in [3.63, 3.8) is 0 Å². The first-order valence-electron chi connectivity index (χ1n) is 6.76. The minimum atomic E-state index is -0.401. The Morgan fingerprint density at radius 2 is 2.37 bits per heavy atom. The highest BCUT2D eigenvalue weighted by molar-refractivity contribution is 5.96. The van der Waals surface area contributed by atoms with Crippen molar-refractivity contribution in [2.24, 2.45) is 0 Å². The summed E-state index contributed by atoms with van der Waals surface area (Å²) in [5, 5.41) is 6.62. The molecule has 0 aromatic carbocycles. The molecule has 1 aliphatic carbocycles. The van der Waals surface area contributed by atoms with E-state index in [9.17, 15) is 9.59 Å². The maximum atomic E-state index is 12.4. The first-order valence-corrected chi connectivity index (χ1v) is 6.76. The van der Waals surface area contributed by atoms with Crippen molar-refractivity contribution in [3.8, 4) is 0 Å². The number of rotatable bonds is 3. The lowest BCUT2D eigenvalue weighted by Crippen LogP contribution is -2.56. The fourth-order valence-corrected chi connectivity index (χ4v) is 2.46. The molecule has 102 valence electrons. The summed E-state index contributed by atoms with van der Waals surface area (Å²) in [5.41, 5.74) is 0.315. The van der Waals surface area contributed by atoms with Crippen LogP contribution >= 0.6 is 0 Å². The van der Waals surface area contributed by atoms with Gasteiger partial charge < -0.3 is 14.7 Å². The lowest BCUT2D eigenvalue weighted by molar-refractivity contribution is -0.127. The summed E-state index contributed by atoms with van der Waals surface area (Å²) in [7, 11) is 0. The molecule has 1 aliphatic heterocycles. The molecule has 1 saturated heterocycles. The van der Waals surface area contributed by atoms with Crippen LogP contribution in [0.5, 0.6) is 0 Å². The van der Waals surface area contributed by atoms with Crippen LogP contribution < -0.4 is 5.32 Å². The van der Waals surface area contributed by atoms with E-state index >= 15 is 0 Å². The van der Waals surface area contributed by atoms with Crippen molar-refractivity contribution < 1.29 is 14.1 Å². The Balaban J connectivity index is 1.78. The fraction of sp³-hybridized carbons (Fsp3) is 0.615. The maximum absolute atomic E-state index is 12.4. The molecule has 1 saturated carbocycles. The largest absolute Gasteiger partial charge is 0.360 e. The monoisotopic (exact) mass is 263 g/mol. The number of nitrogens with zero attached hydrogens (tertiary/aromatic N) is 2. The summed E-state index contributed by atoms with van der Waals surface area (Å²) in [6.07, 6.45) is 2.81. The van der Waals surface area contributed by atoms with Crippen LogP contribution in [0.4, 0.5) is 0 Å². The van der Waals surface area contributed by atoms with Gasteiger partial charge in [0, 0.05) is 25.1 Å². The molecule has 3 rings (SSSR count). The predicted octanol–water partition coefficient (Wildman–Crippen LogP) is 0.903. The van der Waals surface area contributed by atoms with Gasteiger partial charge in [-0.05, 0) is 19.3 Å². The van der Waals surface area contributed by atoms with Gasteiger partial charge in [0.05, 0.1) is 0 Å². The van der Waals surface area contributed by atoms with E-state index in [-0.39, 0.29) is 11.8 Å². The van der Waals surface area contributed by atoms with Crippen LogP contribution in [0.15, 0.2) is 10.6 Å². The summed E-state index contributed by atoms with van der Waals surface area (Å²) in [5.74, 6) is 0.920. The van der Waals surface area contributed by atoms with Gasteiger partial charge >= 0.3 is 0 Å². The Morgan fingerprint density at radius 3 is 3.05 bits per heavy atom. The highest BCUT2D eigenvalue weighted by Gasteiger charge is 2.35. The summed E-state index contributed by atoms with van der Waals surface area (Å²) >= 11 is 0. The second-order valence-electron chi connectivity index (χ2n) is 5.10. The Kier molecular flexibility index (Phi) is 3.00. The van der Waals surface area contributed by atoms with E-state index < -0.39 is 6.04 Å². The van der Waals surface area contributed by atoms with E-state index in [1.807, 2.05) is 6.92 Å². The van der Waals surface area contributed by atoms with E-state index in [1.165, 1.54) is 0 Å². The normalized spacial score (nSPS) is 23.3. The molecule has 1 unspecified atom stereocenters. The molecule has 2 heterocycles. The number of nitrogens with one attached hydrogen (secondary N) is 1. The van der Waals surface area contributed by atoms with E-state index in [1.54, 1.807) is 11.0 Å². The Bertz CT molecular complexity index is 507. The number of hydrogen-bond donors (Lipinski definition) is 1. The Labute approximate surface area is 111 Å². The average Bonchev–Trinajstić information content (AvgIpc) is 3.15. The lowest BCUT2D eigenvalue weighted by atomic mass is 10.1. The Morgan fingerprint density at radius 1 is 1.58 bits per heavy atom. The molecular formula is C13H17N3O3. The number of carbonyl (C=O) groups excluding carboxylic acids is 2. The molecule has 1 N–H and O–H groups in total. The standard InChI is InChI=1S/C13H17N3O3/c1-2-10-12(17)14-5-6-16(10)13(18)9-7-11(19-15-9)8-3-4-8/h7-8,10H,2-6H2,1H3,(H,14,17). The maximum Gasteiger partial charge on any atom is 0.276 e. The van der Waals surface area contributed by atoms with Gasteiger partial charge in [0.15, 0.2) is 5.69 Å². The fourth-order valence-electron chi connectivity index (χ4n) is 2.46. The second kappa shape index (κ2) is 4.68. The van der Waals surface area contributed by atoms with Gasteiger partial charge in [-0.3, -0.25) is 9.59 Å². The van der Waals surface area contributed by atoms with Gasteiger partial charge in [0.2, 0.25) is 5.91 Å². The molecule has 0 spiro atoms. The Hall–Kier alpha value is -1.85. The third-order valence-electron chi connectivity index (χ3n) is 3.71. The zero-order chi connectivity index (χ0) is 13.4. The van der Waals surface area contributed by atoms with Crippen LogP contribution in [0.2, 0.25) is 0 Å². The summed E-state index contributed by atoms with van der Waals surface area (Å²) < 4.78 is 5.20. The van der Waals surface area contributed by atoms with E-state index in [0.717, 1.165) is 18.6 Å². The minimum Gasteiger partial charge on any atom is -0.360 e. The van der Waals surface area contributed by atoms with Gasteiger partial charge in [-0.2, -0.15) is 0 Å². The second-order valence-corrected chi connectivity index (χ2v) is 5.10. The number of carbonyl (C=O) groups is 2. The van der Waals surface area contributed by atoms with Crippen LogP contribution in [0, 0.1) is 0 Å². The molecule has 6 heteroatoms. The molecule has 0 bridgehead atoms. The average molecular weight is 263 g/mol. The molecule has 1 atom stereocenters. The van der Waals surface area contributed by atoms with Gasteiger partial charge in [0.25, 0.3) is 5.91 Å². The molecule has 19 heavy (non-hydrogen) atoms. The first kappa shape index (κ1) is 12.2. The van der Waals surface area contributed by atoms with Crippen LogP contribution in [0.1, 0.15) is 48.4 Å². The van der Waals surface area contributed by atoms with E-state index in [4.69, 9.17) is 4.52 Å². The third kappa shape index (κ3) is 2.22. The predicted molar refractivity (Wildman–Crippen MR) is 66.6 cm³/mol. The highest BCUT2D eigenvalue weighted by Crippen LogP contribution is 2.40. The highest BCUT2D eigenvalue weighted by atomic mass is 16.5. The molecule has 0 radical (unpaired) electrons. The van der Waals surface area contributed by atoms with Gasteiger partial charge in [-0.15, -0.1) is 0 Å². The summed E-state index contributed by atoms with van der Waals surface area (Å²) in [6, 6.07) is 1.32. The summed E-state index contributed by atoms with van der Waals surface area (Å²) in [4.78, 5) is 25.7. The van der Waals surface area contributed by atoms with Crippen molar-refractivity contribution >= 4 is 11.8 Å². The molecule has 2 amide bonds. The number of amides is 2. The summed E-state index contributed by atoms with van der Waals surface area (Å²) in [6.45, 7) is 2.91. The van der Waals surface area contributed by atoms with E-state index in [0.29, 0.717) is 31.1 Å². The zero-order valence-corrected chi connectivity index (χ0v) is 10.9. The lowest BCUT2D eigenvalue weighted by Gasteiger charge is -2.33. The van der Waals surface area contributed by atoms with Crippen molar-refractivity contribution in [2.75, 3.05) is 13.1 Å². The first-order chi connectivity index (χ1) is 9.20. The quantitative estimate of drug-likeness (QED) is 0.879. The molecule has 1 aromatic heterocycles. The molecule has 1 aromatic rings. The van der Waals surface area contributed by atoms with Crippen LogP contribution in [0.3, 0.4) is 0 Å². The smallest absolute Gasteiger partial charge is 0.276 e. The number of hydrogen-bond acceptors (Lipinski definition) is 4. The zero-order valence-electron chi connectivity index (χ0n) is 10.9. The SMILES string of the molecule is CCC1C(=O)NCCN1C(=O)c1cc(C2CC2)on1. The minimum absolute atomic E-state index is 0.0898. The molecule has 2 fully saturated rings. The van der Waals surface area contributed by atoms with Gasteiger partial charge in [0.1, 0.15) is 11.8 Å². The molecule has 6 nitrogen and oxygen atoms in total. The van der Waals surface area contributed by atoms with Crippen LogP contribution in [-0.2, 0) is 4.79 Å². The van der Waals surface area contributed by atoms with E-state index in [2.05, 4.69) is 10.5 Å².